The quantitative estimate of drug-likeness (QED) is 0.839. The third-order valence-electron chi connectivity index (χ3n) is 4.89. The number of hydrogen-bond donors (Lipinski definition) is 0. The zero-order valence-corrected chi connectivity index (χ0v) is 12.0. The Hall–Kier alpha value is -1.13. The Morgan fingerprint density at radius 1 is 1.30 bits per heavy atom. The second-order valence-corrected chi connectivity index (χ2v) is 6.55. The molecule has 106 valence electrons. The number of nitrogens with zero attached hydrogens (tertiary/aromatic N) is 2. The number of ether oxygens (including phenoxy) is 1. The molecule has 2 bridgehead atoms. The van der Waals surface area contributed by atoms with Crippen molar-refractivity contribution in [2.75, 3.05) is 13.2 Å². The average molecular weight is 293 g/mol. The van der Waals surface area contributed by atoms with Crippen molar-refractivity contribution in [2.24, 2.45) is 0 Å². The van der Waals surface area contributed by atoms with E-state index in [4.69, 9.17) is 16.3 Å². The lowest BCUT2D eigenvalue weighted by Gasteiger charge is -2.37. The summed E-state index contributed by atoms with van der Waals surface area (Å²) < 4.78 is 5.57. The molecule has 4 rings (SSSR count). The van der Waals surface area contributed by atoms with Crippen molar-refractivity contribution in [3.05, 3.63) is 29.0 Å². The maximum atomic E-state index is 13.1. The zero-order chi connectivity index (χ0) is 13.7. The number of morpholine rings is 1. The average Bonchev–Trinajstić information content (AvgIpc) is 3.21. The molecule has 1 saturated carbocycles. The highest BCUT2D eigenvalue weighted by Crippen LogP contribution is 2.51. The van der Waals surface area contributed by atoms with Crippen molar-refractivity contribution >= 4 is 17.5 Å². The minimum absolute atomic E-state index is 0.261. The van der Waals surface area contributed by atoms with Gasteiger partial charge in [0.25, 0.3) is 0 Å². The Balaban J connectivity index is 1.65. The van der Waals surface area contributed by atoms with Crippen LogP contribution in [0.15, 0.2) is 18.5 Å². The van der Waals surface area contributed by atoms with Gasteiger partial charge < -0.3 is 9.64 Å². The maximum Gasteiger partial charge on any atom is 0.233 e. The van der Waals surface area contributed by atoms with E-state index >= 15 is 0 Å². The molecular weight excluding hydrogens is 276 g/mol. The molecule has 3 aliphatic rings. The fourth-order valence-electron chi connectivity index (χ4n) is 3.63. The standard InChI is InChI=1S/C15H17ClN2O2/c16-11-5-10(6-17-7-11)15(3-4-15)14(19)18-12-1-2-13(18)9-20-8-12/h5-7,12-13H,1-4,8-9H2. The Bertz CT molecular complexity index is 543. The molecule has 1 amide bonds. The van der Waals surface area contributed by atoms with Gasteiger partial charge in [-0.2, -0.15) is 0 Å². The number of pyridine rings is 1. The van der Waals surface area contributed by atoms with Gasteiger partial charge in [0.15, 0.2) is 0 Å². The molecular formula is C15H17ClN2O2. The molecule has 3 heterocycles. The smallest absolute Gasteiger partial charge is 0.233 e. The van der Waals surface area contributed by atoms with Gasteiger partial charge in [-0.1, -0.05) is 11.6 Å². The number of fused-ring (bicyclic) bond motifs is 2. The normalized spacial score (nSPS) is 30.4. The van der Waals surface area contributed by atoms with E-state index in [2.05, 4.69) is 9.88 Å². The van der Waals surface area contributed by atoms with Crippen LogP contribution in [0.25, 0.3) is 0 Å². The number of carbonyl (C=O) groups excluding carboxylic acids is 1. The highest BCUT2D eigenvalue weighted by Gasteiger charge is 2.56. The number of carbonyl (C=O) groups is 1. The van der Waals surface area contributed by atoms with E-state index in [1.54, 1.807) is 12.4 Å². The van der Waals surface area contributed by atoms with E-state index in [-0.39, 0.29) is 23.4 Å². The first-order chi connectivity index (χ1) is 9.71. The van der Waals surface area contributed by atoms with Crippen molar-refractivity contribution < 1.29 is 9.53 Å². The van der Waals surface area contributed by atoms with Crippen LogP contribution in [0.3, 0.4) is 0 Å². The van der Waals surface area contributed by atoms with Gasteiger partial charge in [0.05, 0.1) is 35.7 Å². The van der Waals surface area contributed by atoms with Crippen LogP contribution >= 0.6 is 11.6 Å². The molecule has 5 heteroatoms. The fourth-order valence-corrected chi connectivity index (χ4v) is 3.81. The van der Waals surface area contributed by atoms with Crippen molar-refractivity contribution in [3.8, 4) is 0 Å². The fraction of sp³-hybridized carbons (Fsp3) is 0.600. The van der Waals surface area contributed by atoms with Gasteiger partial charge in [0.1, 0.15) is 0 Å². The number of rotatable bonds is 2. The first-order valence-electron chi connectivity index (χ1n) is 7.22. The number of aromatic nitrogens is 1. The number of halogens is 1. The van der Waals surface area contributed by atoms with E-state index in [1.165, 1.54) is 0 Å². The van der Waals surface area contributed by atoms with Crippen LogP contribution in [0.4, 0.5) is 0 Å². The zero-order valence-electron chi connectivity index (χ0n) is 11.2. The summed E-state index contributed by atoms with van der Waals surface area (Å²) in [5, 5.41) is 0.603. The summed E-state index contributed by atoms with van der Waals surface area (Å²) in [7, 11) is 0. The Labute approximate surface area is 123 Å². The predicted octanol–water partition coefficient (Wildman–Crippen LogP) is 2.16. The molecule has 2 saturated heterocycles. The lowest BCUT2D eigenvalue weighted by atomic mass is 9.95. The molecule has 20 heavy (non-hydrogen) atoms. The molecule has 0 aromatic carbocycles. The summed E-state index contributed by atoms with van der Waals surface area (Å²) in [6.07, 6.45) is 7.36. The molecule has 2 aliphatic heterocycles. The molecule has 1 aromatic rings. The van der Waals surface area contributed by atoms with Gasteiger partial charge in [-0.15, -0.1) is 0 Å². The molecule has 0 N–H and O–H groups in total. The van der Waals surface area contributed by atoms with Crippen LogP contribution in [0.1, 0.15) is 31.2 Å². The van der Waals surface area contributed by atoms with Crippen molar-refractivity contribution in [2.45, 2.75) is 43.2 Å². The molecule has 2 unspecified atom stereocenters. The van der Waals surface area contributed by atoms with Gasteiger partial charge in [-0.25, -0.2) is 0 Å². The van der Waals surface area contributed by atoms with Crippen LogP contribution in [0, 0.1) is 0 Å². The van der Waals surface area contributed by atoms with Crippen LogP contribution in [-0.4, -0.2) is 41.1 Å². The van der Waals surface area contributed by atoms with Crippen LogP contribution in [0.5, 0.6) is 0 Å². The van der Waals surface area contributed by atoms with E-state index in [0.717, 1.165) is 31.2 Å². The van der Waals surface area contributed by atoms with Gasteiger partial charge in [-0.3, -0.25) is 9.78 Å². The lowest BCUT2D eigenvalue weighted by molar-refractivity contribution is -0.143. The van der Waals surface area contributed by atoms with Crippen molar-refractivity contribution in [1.82, 2.24) is 9.88 Å². The molecule has 4 nitrogen and oxygen atoms in total. The molecule has 1 aliphatic carbocycles. The minimum atomic E-state index is -0.365. The molecule has 3 fully saturated rings. The lowest BCUT2D eigenvalue weighted by Crippen LogP contribution is -2.52. The van der Waals surface area contributed by atoms with Crippen LogP contribution < -0.4 is 0 Å². The van der Waals surface area contributed by atoms with Gasteiger partial charge in [0, 0.05) is 12.4 Å². The first-order valence-corrected chi connectivity index (χ1v) is 7.60. The summed E-state index contributed by atoms with van der Waals surface area (Å²) >= 11 is 6.03. The van der Waals surface area contributed by atoms with Gasteiger partial charge >= 0.3 is 0 Å². The van der Waals surface area contributed by atoms with Crippen molar-refractivity contribution in [1.29, 1.82) is 0 Å². The van der Waals surface area contributed by atoms with Gasteiger partial charge in [0.2, 0.25) is 5.91 Å². The third-order valence-corrected chi connectivity index (χ3v) is 5.10. The Kier molecular flexibility index (Phi) is 2.79. The third kappa shape index (κ3) is 1.78. The van der Waals surface area contributed by atoms with E-state index in [0.29, 0.717) is 18.2 Å². The van der Waals surface area contributed by atoms with Crippen molar-refractivity contribution in [3.63, 3.8) is 0 Å². The highest BCUT2D eigenvalue weighted by atomic mass is 35.5. The summed E-state index contributed by atoms with van der Waals surface area (Å²) in [6.45, 7) is 1.37. The predicted molar refractivity (Wildman–Crippen MR) is 74.6 cm³/mol. The van der Waals surface area contributed by atoms with E-state index in [9.17, 15) is 4.79 Å². The van der Waals surface area contributed by atoms with E-state index < -0.39 is 0 Å². The highest BCUT2D eigenvalue weighted by molar-refractivity contribution is 6.30. The monoisotopic (exact) mass is 292 g/mol. The summed E-state index contributed by atoms with van der Waals surface area (Å²) in [5.74, 6) is 0.261. The Morgan fingerprint density at radius 3 is 2.60 bits per heavy atom. The maximum absolute atomic E-state index is 13.1. The summed E-state index contributed by atoms with van der Waals surface area (Å²) in [4.78, 5) is 19.3. The molecule has 0 spiro atoms. The summed E-state index contributed by atoms with van der Waals surface area (Å²) in [5.41, 5.74) is 0.608. The van der Waals surface area contributed by atoms with Crippen LogP contribution in [-0.2, 0) is 14.9 Å². The topological polar surface area (TPSA) is 42.4 Å². The van der Waals surface area contributed by atoms with Gasteiger partial charge in [-0.05, 0) is 37.3 Å². The molecule has 0 radical (unpaired) electrons. The molecule has 2 atom stereocenters. The van der Waals surface area contributed by atoms with Crippen LogP contribution in [0.2, 0.25) is 5.02 Å². The second kappa shape index (κ2) is 4.43. The molecule has 1 aromatic heterocycles. The number of hydrogen-bond acceptors (Lipinski definition) is 3. The minimum Gasteiger partial charge on any atom is -0.377 e. The SMILES string of the molecule is O=C(N1C2CCC1COC2)C1(c2cncc(Cl)c2)CC1. The largest absolute Gasteiger partial charge is 0.377 e. The summed E-state index contributed by atoms with van der Waals surface area (Å²) in [6, 6.07) is 2.43. The first kappa shape index (κ1) is 12.6. The number of amides is 1. The Morgan fingerprint density at radius 2 is 2.00 bits per heavy atom. The van der Waals surface area contributed by atoms with E-state index in [1.807, 2.05) is 6.07 Å². The second-order valence-electron chi connectivity index (χ2n) is 6.11.